The fourth-order valence-corrected chi connectivity index (χ4v) is 6.67. The number of amides is 2. The topological polar surface area (TPSA) is 120 Å². The molecule has 1 aliphatic carbocycles. The largest absolute Gasteiger partial charge is 0.508 e. The van der Waals surface area contributed by atoms with Crippen molar-refractivity contribution in [1.82, 2.24) is 4.98 Å². The van der Waals surface area contributed by atoms with Crippen LogP contribution in [0.2, 0.25) is 6.32 Å². The Bertz CT molecular complexity index is 1510. The fourth-order valence-electron chi connectivity index (χ4n) is 6.67. The predicted octanol–water partition coefficient (Wildman–Crippen LogP) is 4.10. The summed E-state index contributed by atoms with van der Waals surface area (Å²) in [5.74, 6) is -1.98. The average molecular weight is 550 g/mol. The Hall–Kier alpha value is -4.05. The number of fused-ring (bicyclic) bond motifs is 3. The molecule has 3 heterocycles. The first-order chi connectivity index (χ1) is 19.9. The van der Waals surface area contributed by atoms with Crippen LogP contribution in [0.15, 0.2) is 90.1 Å². The lowest BCUT2D eigenvalue weighted by Gasteiger charge is -2.42. The van der Waals surface area contributed by atoms with E-state index in [0.717, 1.165) is 22.4 Å². The first-order valence-electron chi connectivity index (χ1n) is 13.9. The van der Waals surface area contributed by atoms with Gasteiger partial charge in [-0.2, -0.15) is 0 Å². The number of imide groups is 1. The smallest absolute Gasteiger partial charge is 0.455 e. The molecular weight excluding hydrogens is 519 g/mol. The quantitative estimate of drug-likeness (QED) is 0.230. The number of allylic oxidation sites excluding steroid dienone is 1. The van der Waals surface area contributed by atoms with Crippen LogP contribution in [0.25, 0.3) is 11.6 Å². The average Bonchev–Trinajstić information content (AvgIpc) is 3.24. The molecule has 8 nitrogen and oxygen atoms in total. The van der Waals surface area contributed by atoms with Crippen molar-refractivity contribution in [2.45, 2.75) is 31.7 Å². The lowest BCUT2D eigenvalue weighted by Crippen LogP contribution is -2.46. The van der Waals surface area contributed by atoms with E-state index in [2.05, 4.69) is 4.98 Å². The molecule has 0 bridgehead atoms. The van der Waals surface area contributed by atoms with Crippen LogP contribution in [0, 0.1) is 17.8 Å². The zero-order valence-corrected chi connectivity index (χ0v) is 22.5. The van der Waals surface area contributed by atoms with Crippen molar-refractivity contribution >= 4 is 36.3 Å². The summed E-state index contributed by atoms with van der Waals surface area (Å²) in [6, 6.07) is 21.5. The Morgan fingerprint density at radius 3 is 2.56 bits per heavy atom. The SMILES string of the molecule is O=C1[C@@H]2[C@@H](CC(CO)=C3[C@@H](CC/C(=C/c4cccc(O)c4)c4ccccn4)OB(O)C[C@@H]32)C(=O)N1c1ccccc1. The number of rotatable bonds is 7. The highest BCUT2D eigenvalue weighted by Crippen LogP contribution is 2.51. The first kappa shape index (κ1) is 27.1. The Morgan fingerprint density at radius 2 is 1.83 bits per heavy atom. The Balaban J connectivity index is 1.31. The van der Waals surface area contributed by atoms with Crippen LogP contribution < -0.4 is 4.90 Å². The van der Waals surface area contributed by atoms with Gasteiger partial charge in [0.05, 0.1) is 35.9 Å². The molecule has 3 N–H and O–H groups in total. The lowest BCUT2D eigenvalue weighted by atomic mass is 9.58. The number of aromatic nitrogens is 1. The second-order valence-electron chi connectivity index (χ2n) is 10.8. The number of carbonyl (C=O) groups excluding carboxylic acids is 2. The molecule has 4 atom stereocenters. The first-order valence-corrected chi connectivity index (χ1v) is 13.9. The van der Waals surface area contributed by atoms with Crippen molar-refractivity contribution in [3.63, 3.8) is 0 Å². The van der Waals surface area contributed by atoms with Crippen molar-refractivity contribution in [2.75, 3.05) is 11.5 Å². The number of nitrogens with zero attached hydrogens (tertiary/aromatic N) is 2. The van der Waals surface area contributed by atoms with Crippen LogP contribution in [-0.2, 0) is 14.2 Å². The normalized spacial score (nSPS) is 24.5. The molecule has 6 rings (SSSR count). The molecule has 0 unspecified atom stereocenters. The second kappa shape index (κ2) is 11.4. The minimum absolute atomic E-state index is 0.163. The maximum atomic E-state index is 13.8. The van der Waals surface area contributed by atoms with Crippen LogP contribution in [0.1, 0.15) is 30.5 Å². The maximum absolute atomic E-state index is 13.8. The Labute approximate surface area is 238 Å². The van der Waals surface area contributed by atoms with Gasteiger partial charge in [-0.25, -0.2) is 0 Å². The standard InChI is InChI=1S/C32H31BN2O6/c36-19-22-17-25-30(32(39)35(31(25)38)23-8-2-1-3-9-23)26-18-33(40)41-28(29(22)26)13-12-21(27-11-4-5-14-34-27)15-20-7-6-10-24(37)16-20/h1-11,14-16,25-26,28,30,36-37,40H,12-13,17-19H2/b21-15-/t25-,26+,28-,30-/m1/s1. The molecule has 41 heavy (non-hydrogen) atoms. The van der Waals surface area contributed by atoms with E-state index in [1.54, 1.807) is 48.7 Å². The molecule has 0 radical (unpaired) electrons. The fraction of sp³-hybridized carbons (Fsp3) is 0.281. The summed E-state index contributed by atoms with van der Waals surface area (Å²) in [6.07, 6.45) is 4.60. The van der Waals surface area contributed by atoms with Gasteiger partial charge in [0.25, 0.3) is 0 Å². The van der Waals surface area contributed by atoms with Crippen LogP contribution in [-0.4, -0.2) is 51.9 Å². The maximum Gasteiger partial charge on any atom is 0.455 e. The van der Waals surface area contributed by atoms with Crippen LogP contribution >= 0.6 is 0 Å². The van der Waals surface area contributed by atoms with Crippen molar-refractivity contribution in [1.29, 1.82) is 0 Å². The van der Waals surface area contributed by atoms with E-state index in [1.807, 2.05) is 36.4 Å². The van der Waals surface area contributed by atoms with Gasteiger partial charge >= 0.3 is 7.12 Å². The molecule has 1 aromatic heterocycles. The highest BCUT2D eigenvalue weighted by Gasteiger charge is 2.57. The second-order valence-corrected chi connectivity index (χ2v) is 10.8. The highest BCUT2D eigenvalue weighted by molar-refractivity contribution is 6.43. The number of hydrogen-bond donors (Lipinski definition) is 3. The third-order valence-corrected chi connectivity index (χ3v) is 8.39. The van der Waals surface area contributed by atoms with Crippen molar-refractivity contribution < 1.29 is 29.5 Å². The minimum Gasteiger partial charge on any atom is -0.508 e. The molecule has 0 saturated carbocycles. The van der Waals surface area contributed by atoms with Gasteiger partial charge in [0, 0.05) is 6.20 Å². The number of para-hydroxylation sites is 1. The number of benzene rings is 2. The molecule has 2 saturated heterocycles. The van der Waals surface area contributed by atoms with Gasteiger partial charge in [0.2, 0.25) is 11.8 Å². The molecule has 208 valence electrons. The number of phenols is 1. The summed E-state index contributed by atoms with van der Waals surface area (Å²) in [6.45, 7) is -0.246. The van der Waals surface area contributed by atoms with Gasteiger partial charge in [0.1, 0.15) is 5.75 Å². The van der Waals surface area contributed by atoms with Crippen LogP contribution in [0.4, 0.5) is 5.69 Å². The third kappa shape index (κ3) is 5.24. The van der Waals surface area contributed by atoms with Crippen LogP contribution in [0.5, 0.6) is 5.75 Å². The number of phenolic OH excluding ortho intramolecular Hbond substituents is 1. The van der Waals surface area contributed by atoms with Crippen molar-refractivity contribution in [3.8, 4) is 5.75 Å². The van der Waals surface area contributed by atoms with Gasteiger partial charge < -0.3 is 19.9 Å². The van der Waals surface area contributed by atoms with Gasteiger partial charge in [-0.3, -0.25) is 19.5 Å². The number of aliphatic hydroxyl groups is 1. The summed E-state index contributed by atoms with van der Waals surface area (Å²) >= 11 is 0. The molecule has 2 aromatic carbocycles. The molecule has 9 heteroatoms. The molecular formula is C32H31BN2O6. The monoisotopic (exact) mass is 550 g/mol. The van der Waals surface area contributed by atoms with E-state index in [0.29, 0.717) is 24.1 Å². The number of aliphatic hydroxyl groups excluding tert-OH is 1. The van der Waals surface area contributed by atoms with E-state index in [-0.39, 0.29) is 36.9 Å². The molecule has 2 amide bonds. The highest BCUT2D eigenvalue weighted by atomic mass is 16.5. The summed E-state index contributed by atoms with van der Waals surface area (Å²) in [5.41, 5.74) is 4.58. The Kier molecular flexibility index (Phi) is 7.58. The van der Waals surface area contributed by atoms with E-state index in [9.17, 15) is 24.8 Å². The molecule has 0 spiro atoms. The van der Waals surface area contributed by atoms with Crippen molar-refractivity contribution in [3.05, 3.63) is 101 Å². The summed E-state index contributed by atoms with van der Waals surface area (Å²) in [5, 5.41) is 31.2. The number of carbonyl (C=O) groups is 2. The number of aromatic hydroxyl groups is 1. The number of pyridine rings is 1. The zero-order chi connectivity index (χ0) is 28.5. The van der Waals surface area contributed by atoms with E-state index >= 15 is 0 Å². The van der Waals surface area contributed by atoms with Gasteiger partial charge in [-0.15, -0.1) is 0 Å². The van der Waals surface area contributed by atoms with Gasteiger partial charge in [-0.1, -0.05) is 36.4 Å². The summed E-state index contributed by atoms with van der Waals surface area (Å²) in [7, 11) is -1.10. The summed E-state index contributed by atoms with van der Waals surface area (Å²) < 4.78 is 6.05. The Morgan fingerprint density at radius 1 is 1.02 bits per heavy atom. The third-order valence-electron chi connectivity index (χ3n) is 8.39. The molecule has 3 aromatic rings. The van der Waals surface area contributed by atoms with Crippen LogP contribution in [0.3, 0.4) is 0 Å². The number of hydrogen-bond acceptors (Lipinski definition) is 7. The molecule has 2 aliphatic heterocycles. The van der Waals surface area contributed by atoms with E-state index in [1.165, 1.54) is 4.90 Å². The van der Waals surface area contributed by atoms with Gasteiger partial charge in [-0.05, 0) is 96.3 Å². The van der Waals surface area contributed by atoms with Gasteiger partial charge in [0.15, 0.2) is 0 Å². The molecule has 2 fully saturated rings. The van der Waals surface area contributed by atoms with E-state index in [4.69, 9.17) is 4.65 Å². The molecule has 3 aliphatic rings. The summed E-state index contributed by atoms with van der Waals surface area (Å²) in [4.78, 5) is 33.0. The lowest BCUT2D eigenvalue weighted by molar-refractivity contribution is -0.122. The predicted molar refractivity (Wildman–Crippen MR) is 155 cm³/mol. The minimum atomic E-state index is -1.10. The number of anilines is 1. The van der Waals surface area contributed by atoms with E-state index < -0.39 is 31.0 Å². The van der Waals surface area contributed by atoms with Crippen molar-refractivity contribution in [2.24, 2.45) is 17.8 Å². The zero-order valence-electron chi connectivity index (χ0n) is 22.5.